The summed E-state index contributed by atoms with van der Waals surface area (Å²) < 4.78 is 23.2. The van der Waals surface area contributed by atoms with Crippen LogP contribution in [0.4, 0.5) is 0 Å². The number of amides is 1. The average Bonchev–Trinajstić information content (AvgIpc) is 3.12. The number of aliphatic hydroxyl groups is 1. The smallest absolute Gasteiger partial charge is 0.268 e. The van der Waals surface area contributed by atoms with E-state index in [0.717, 1.165) is 38.5 Å². The van der Waals surface area contributed by atoms with Gasteiger partial charge in [0, 0.05) is 6.42 Å². The molecule has 0 aromatic carbocycles. The summed E-state index contributed by atoms with van der Waals surface area (Å²) in [7, 11) is 1.32. The lowest BCUT2D eigenvalue weighted by molar-refractivity contribution is -0.870. The molecule has 54 heavy (non-hydrogen) atoms. The molecule has 9 heteroatoms. The molecule has 0 saturated carbocycles. The van der Waals surface area contributed by atoms with Crippen molar-refractivity contribution in [2.75, 3.05) is 40.9 Å². The molecule has 0 saturated heterocycles. The molecule has 0 heterocycles. The van der Waals surface area contributed by atoms with Gasteiger partial charge in [-0.3, -0.25) is 9.36 Å². The van der Waals surface area contributed by atoms with Gasteiger partial charge in [0.25, 0.3) is 7.82 Å². The van der Waals surface area contributed by atoms with Gasteiger partial charge in [-0.25, -0.2) is 0 Å². The van der Waals surface area contributed by atoms with Crippen molar-refractivity contribution in [3.05, 3.63) is 0 Å². The number of rotatable bonds is 43. The molecule has 0 aliphatic rings. The normalized spacial score (nSPS) is 14.3. The Morgan fingerprint density at radius 1 is 0.574 bits per heavy atom. The summed E-state index contributed by atoms with van der Waals surface area (Å²) in [5, 5.41) is 13.9. The number of likely N-dealkylation sites (N-methyl/N-ethyl adjacent to an activating group) is 1. The van der Waals surface area contributed by atoms with E-state index in [0.29, 0.717) is 23.9 Å². The monoisotopic (exact) mass is 789 g/mol. The molecule has 8 nitrogen and oxygen atoms in total. The number of aliphatic hydroxyl groups excluding tert-OH is 1. The highest BCUT2D eigenvalue weighted by atomic mass is 31.2. The number of phosphoric ester groups is 1. The quantitative estimate of drug-likeness (QED) is 0.0362. The second-order valence-electron chi connectivity index (χ2n) is 17.5. The van der Waals surface area contributed by atoms with Crippen molar-refractivity contribution in [2.45, 2.75) is 244 Å². The second-order valence-corrected chi connectivity index (χ2v) is 18.9. The number of carbonyl (C=O) groups excluding carboxylic acids is 1. The lowest BCUT2D eigenvalue weighted by Gasteiger charge is -2.30. The van der Waals surface area contributed by atoms with Gasteiger partial charge >= 0.3 is 0 Å². The third kappa shape index (κ3) is 39.7. The predicted octanol–water partition coefficient (Wildman–Crippen LogP) is 12.3. The van der Waals surface area contributed by atoms with Gasteiger partial charge in [-0.1, -0.05) is 213 Å². The maximum absolute atomic E-state index is 12.8. The summed E-state index contributed by atoms with van der Waals surface area (Å²) in [6, 6.07) is -0.792. The molecule has 0 rings (SSSR count). The second kappa shape index (κ2) is 38.0. The van der Waals surface area contributed by atoms with Crippen LogP contribution in [-0.4, -0.2) is 68.5 Å². The lowest BCUT2D eigenvalue weighted by atomic mass is 10.0. The number of hydrogen-bond acceptors (Lipinski definition) is 6. The molecule has 0 bridgehead atoms. The molecule has 0 fully saturated rings. The minimum absolute atomic E-state index is 0.0159. The van der Waals surface area contributed by atoms with Crippen LogP contribution in [0.15, 0.2) is 0 Å². The first-order valence-electron chi connectivity index (χ1n) is 23.4. The molecular formula is C45H93N2O6P. The van der Waals surface area contributed by atoms with Crippen molar-refractivity contribution in [2.24, 2.45) is 0 Å². The van der Waals surface area contributed by atoms with Crippen LogP contribution >= 0.6 is 7.82 Å². The van der Waals surface area contributed by atoms with Gasteiger partial charge in [0.05, 0.1) is 39.9 Å². The number of nitrogens with zero attached hydrogens (tertiary/aromatic N) is 1. The fraction of sp³-hybridized carbons (Fsp3) is 0.978. The Labute approximate surface area is 336 Å². The number of carbonyl (C=O) groups is 1. The third-order valence-corrected chi connectivity index (χ3v) is 11.8. The molecule has 1 amide bonds. The topological polar surface area (TPSA) is 108 Å². The van der Waals surface area contributed by atoms with E-state index in [1.54, 1.807) is 0 Å². The zero-order chi connectivity index (χ0) is 40.0. The van der Waals surface area contributed by atoms with E-state index in [1.807, 2.05) is 21.1 Å². The van der Waals surface area contributed by atoms with Crippen LogP contribution < -0.4 is 10.2 Å². The van der Waals surface area contributed by atoms with Gasteiger partial charge in [-0.15, -0.1) is 0 Å². The molecule has 3 atom stereocenters. The number of nitrogens with one attached hydrogen (secondary N) is 1. The van der Waals surface area contributed by atoms with E-state index in [2.05, 4.69) is 19.2 Å². The first-order chi connectivity index (χ1) is 26.0. The van der Waals surface area contributed by atoms with Crippen molar-refractivity contribution in [1.82, 2.24) is 5.32 Å². The standard InChI is InChI=1S/C45H93N2O6P/c1-6-8-10-12-14-16-18-19-20-21-22-23-24-25-26-27-28-29-30-32-34-36-38-44(48)43(42-53-54(50,51)52-41-40-47(3,4)5)46-45(49)39-37-35-33-31-17-15-13-11-9-7-2/h43-44,48H,6-42H2,1-5H3,(H-,46,49,50,51). The fourth-order valence-corrected chi connectivity index (χ4v) is 7.82. The highest BCUT2D eigenvalue weighted by Crippen LogP contribution is 2.38. The number of quaternary nitrogens is 1. The van der Waals surface area contributed by atoms with Crippen LogP contribution in [0.25, 0.3) is 0 Å². The van der Waals surface area contributed by atoms with E-state index in [4.69, 9.17) is 9.05 Å². The Morgan fingerprint density at radius 3 is 1.26 bits per heavy atom. The van der Waals surface area contributed by atoms with Gasteiger partial charge in [0.2, 0.25) is 5.91 Å². The summed E-state index contributed by atoms with van der Waals surface area (Å²) in [5.41, 5.74) is 0. The van der Waals surface area contributed by atoms with Crippen LogP contribution in [0, 0.1) is 0 Å². The highest BCUT2D eigenvalue weighted by molar-refractivity contribution is 7.45. The third-order valence-electron chi connectivity index (χ3n) is 10.8. The molecule has 2 N–H and O–H groups in total. The molecule has 324 valence electrons. The minimum atomic E-state index is -4.55. The van der Waals surface area contributed by atoms with Crippen molar-refractivity contribution < 1.29 is 32.9 Å². The molecule has 0 spiro atoms. The molecule has 0 aliphatic carbocycles. The zero-order valence-corrected chi connectivity index (χ0v) is 37.6. The minimum Gasteiger partial charge on any atom is -0.756 e. The first kappa shape index (κ1) is 53.5. The van der Waals surface area contributed by atoms with Crippen molar-refractivity contribution in [3.63, 3.8) is 0 Å². The predicted molar refractivity (Wildman–Crippen MR) is 229 cm³/mol. The van der Waals surface area contributed by atoms with Crippen LogP contribution in [0.2, 0.25) is 0 Å². The number of unbranched alkanes of at least 4 members (excludes halogenated alkanes) is 30. The van der Waals surface area contributed by atoms with Gasteiger partial charge in [-0.2, -0.15) is 0 Å². The Morgan fingerprint density at radius 2 is 0.907 bits per heavy atom. The highest BCUT2D eigenvalue weighted by Gasteiger charge is 2.24. The largest absolute Gasteiger partial charge is 0.756 e. The summed E-state index contributed by atoms with van der Waals surface area (Å²) >= 11 is 0. The molecule has 3 unspecified atom stereocenters. The number of phosphoric acid groups is 1. The van der Waals surface area contributed by atoms with E-state index >= 15 is 0 Å². The van der Waals surface area contributed by atoms with Crippen LogP contribution in [0.1, 0.15) is 232 Å². The summed E-state index contributed by atoms with van der Waals surface area (Å²) in [6.07, 6.45) is 41.1. The van der Waals surface area contributed by atoms with Crippen LogP contribution in [-0.2, 0) is 18.4 Å². The van der Waals surface area contributed by atoms with E-state index in [-0.39, 0.29) is 19.1 Å². The Bertz CT molecular complexity index is 855. The Balaban J connectivity index is 4.18. The van der Waals surface area contributed by atoms with Crippen LogP contribution in [0.5, 0.6) is 0 Å². The molecular weight excluding hydrogens is 695 g/mol. The maximum atomic E-state index is 12.8. The fourth-order valence-electron chi connectivity index (χ4n) is 7.10. The lowest BCUT2D eigenvalue weighted by Crippen LogP contribution is -2.46. The molecule has 0 aromatic rings. The van der Waals surface area contributed by atoms with Gasteiger partial charge in [0.15, 0.2) is 0 Å². The first-order valence-corrected chi connectivity index (χ1v) is 24.8. The molecule has 0 radical (unpaired) electrons. The number of hydrogen-bond donors (Lipinski definition) is 2. The van der Waals surface area contributed by atoms with Gasteiger partial charge in [-0.05, 0) is 12.8 Å². The zero-order valence-electron chi connectivity index (χ0n) is 36.7. The van der Waals surface area contributed by atoms with Crippen molar-refractivity contribution in [3.8, 4) is 0 Å². The van der Waals surface area contributed by atoms with Gasteiger partial charge in [0.1, 0.15) is 13.2 Å². The Hall–Kier alpha value is -0.500. The summed E-state index contributed by atoms with van der Waals surface area (Å²) in [4.78, 5) is 25.3. The Kier molecular flexibility index (Phi) is 37.7. The summed E-state index contributed by atoms with van der Waals surface area (Å²) in [5.74, 6) is -0.164. The maximum Gasteiger partial charge on any atom is 0.268 e. The average molecular weight is 789 g/mol. The van der Waals surface area contributed by atoms with Crippen molar-refractivity contribution in [1.29, 1.82) is 0 Å². The van der Waals surface area contributed by atoms with Crippen LogP contribution in [0.3, 0.4) is 0 Å². The van der Waals surface area contributed by atoms with E-state index in [9.17, 15) is 19.4 Å². The van der Waals surface area contributed by atoms with E-state index < -0.39 is 20.0 Å². The molecule has 0 aliphatic heterocycles. The van der Waals surface area contributed by atoms with Crippen molar-refractivity contribution >= 4 is 13.7 Å². The molecule has 0 aromatic heterocycles. The SMILES string of the molecule is CCCCCCCCCCCCCCCCCCCCCCCCC(O)C(COP(=O)([O-])OCC[N+](C)(C)C)NC(=O)CCCCCCCCCCCC. The van der Waals surface area contributed by atoms with E-state index in [1.165, 1.54) is 167 Å². The van der Waals surface area contributed by atoms with Gasteiger partial charge < -0.3 is 28.8 Å². The summed E-state index contributed by atoms with van der Waals surface area (Å²) in [6.45, 7) is 4.73.